The van der Waals surface area contributed by atoms with E-state index in [1.54, 1.807) is 0 Å². The first-order valence-corrected chi connectivity index (χ1v) is 6.37. The Morgan fingerprint density at radius 3 is 2.65 bits per heavy atom. The van der Waals surface area contributed by atoms with Gasteiger partial charge in [-0.15, -0.1) is 0 Å². The van der Waals surface area contributed by atoms with Crippen molar-refractivity contribution in [2.75, 3.05) is 18.1 Å². The van der Waals surface area contributed by atoms with Crippen LogP contribution in [0.15, 0.2) is 18.3 Å². The van der Waals surface area contributed by atoms with E-state index in [1.165, 1.54) is 25.7 Å². The number of anilines is 1. The van der Waals surface area contributed by atoms with Crippen LogP contribution < -0.4 is 10.6 Å². The van der Waals surface area contributed by atoms with Gasteiger partial charge in [-0.05, 0) is 25.0 Å². The molecule has 4 nitrogen and oxygen atoms in total. The highest BCUT2D eigenvalue weighted by atomic mass is 16.3. The van der Waals surface area contributed by atoms with Crippen molar-refractivity contribution in [1.29, 1.82) is 0 Å². The summed E-state index contributed by atoms with van der Waals surface area (Å²) in [4.78, 5) is 6.60. The van der Waals surface area contributed by atoms with Crippen LogP contribution in [0.5, 0.6) is 0 Å². The molecule has 1 heterocycles. The number of aromatic nitrogens is 1. The number of nitrogens with two attached hydrogens (primary N) is 1. The van der Waals surface area contributed by atoms with E-state index in [-0.39, 0.29) is 6.61 Å². The first-order valence-electron chi connectivity index (χ1n) is 6.37. The Morgan fingerprint density at radius 2 is 2.12 bits per heavy atom. The van der Waals surface area contributed by atoms with Gasteiger partial charge in [0.2, 0.25) is 0 Å². The molecule has 1 aromatic rings. The van der Waals surface area contributed by atoms with Crippen molar-refractivity contribution < 1.29 is 5.11 Å². The second-order valence-corrected chi connectivity index (χ2v) is 4.57. The summed E-state index contributed by atoms with van der Waals surface area (Å²) in [5.41, 5.74) is 7.55. The van der Waals surface area contributed by atoms with Crippen molar-refractivity contribution in [3.05, 3.63) is 24.0 Å². The number of aliphatic hydroxyl groups is 1. The third kappa shape index (κ3) is 2.96. The molecular formula is C13H21N3O. The Bertz CT molecular complexity index is 333. The average Bonchev–Trinajstić information content (AvgIpc) is 2.90. The lowest BCUT2D eigenvalue weighted by Gasteiger charge is -2.30. The lowest BCUT2D eigenvalue weighted by molar-refractivity contribution is 0.297. The molecule has 3 N–H and O–H groups in total. The largest absolute Gasteiger partial charge is 0.395 e. The predicted octanol–water partition coefficient (Wildman–Crippen LogP) is 1.28. The van der Waals surface area contributed by atoms with Crippen LogP contribution in [-0.4, -0.2) is 29.3 Å². The summed E-state index contributed by atoms with van der Waals surface area (Å²) < 4.78 is 0. The van der Waals surface area contributed by atoms with E-state index in [9.17, 15) is 5.11 Å². The molecule has 1 aromatic heterocycles. The van der Waals surface area contributed by atoms with E-state index in [1.807, 2.05) is 12.3 Å². The van der Waals surface area contributed by atoms with Gasteiger partial charge in [-0.1, -0.05) is 12.8 Å². The van der Waals surface area contributed by atoms with Crippen molar-refractivity contribution >= 4 is 5.69 Å². The van der Waals surface area contributed by atoms with E-state index >= 15 is 0 Å². The highest BCUT2D eigenvalue weighted by Gasteiger charge is 2.22. The number of aliphatic hydroxyl groups excluding tert-OH is 1. The molecular weight excluding hydrogens is 214 g/mol. The number of pyridine rings is 1. The van der Waals surface area contributed by atoms with Crippen molar-refractivity contribution in [1.82, 2.24) is 4.98 Å². The van der Waals surface area contributed by atoms with Crippen LogP contribution in [0.2, 0.25) is 0 Å². The van der Waals surface area contributed by atoms with Crippen molar-refractivity contribution in [3.63, 3.8) is 0 Å². The standard InChI is InChI=1S/C13H21N3O/c14-9-11-5-6-13(10-15-11)16(7-8-17)12-3-1-2-4-12/h5-6,10,12,17H,1-4,7-9,14H2. The van der Waals surface area contributed by atoms with Gasteiger partial charge >= 0.3 is 0 Å². The lowest BCUT2D eigenvalue weighted by atomic mass is 10.2. The SMILES string of the molecule is NCc1ccc(N(CCO)C2CCCC2)cn1. The highest BCUT2D eigenvalue weighted by molar-refractivity contribution is 5.46. The fraction of sp³-hybridized carbons (Fsp3) is 0.615. The molecule has 0 unspecified atom stereocenters. The Morgan fingerprint density at radius 1 is 1.35 bits per heavy atom. The molecule has 1 saturated carbocycles. The Kier molecular flexibility index (Phi) is 4.34. The van der Waals surface area contributed by atoms with Gasteiger partial charge in [0, 0.05) is 19.1 Å². The summed E-state index contributed by atoms with van der Waals surface area (Å²) in [6.45, 7) is 1.35. The molecule has 0 aliphatic heterocycles. The summed E-state index contributed by atoms with van der Waals surface area (Å²) in [5, 5.41) is 9.18. The Balaban J connectivity index is 2.12. The first-order chi connectivity index (χ1) is 8.35. The van der Waals surface area contributed by atoms with Crippen LogP contribution in [0.25, 0.3) is 0 Å². The predicted molar refractivity (Wildman–Crippen MR) is 68.8 cm³/mol. The van der Waals surface area contributed by atoms with Gasteiger partial charge in [-0.25, -0.2) is 0 Å². The zero-order valence-electron chi connectivity index (χ0n) is 10.2. The third-order valence-corrected chi connectivity index (χ3v) is 3.46. The molecule has 94 valence electrons. The summed E-state index contributed by atoms with van der Waals surface area (Å²) in [5.74, 6) is 0. The fourth-order valence-electron chi connectivity index (χ4n) is 2.55. The van der Waals surface area contributed by atoms with Crippen LogP contribution in [0.1, 0.15) is 31.4 Å². The quantitative estimate of drug-likeness (QED) is 0.807. The topological polar surface area (TPSA) is 62.4 Å². The van der Waals surface area contributed by atoms with Crippen molar-refractivity contribution in [2.24, 2.45) is 5.73 Å². The third-order valence-electron chi connectivity index (χ3n) is 3.46. The molecule has 1 fully saturated rings. The molecule has 1 aliphatic carbocycles. The number of hydrogen-bond acceptors (Lipinski definition) is 4. The Labute approximate surface area is 102 Å². The smallest absolute Gasteiger partial charge is 0.0606 e. The van der Waals surface area contributed by atoms with Crippen LogP contribution in [0.3, 0.4) is 0 Å². The highest BCUT2D eigenvalue weighted by Crippen LogP contribution is 2.27. The summed E-state index contributed by atoms with van der Waals surface area (Å²) in [6, 6.07) is 4.59. The van der Waals surface area contributed by atoms with Crippen molar-refractivity contribution in [3.8, 4) is 0 Å². The molecule has 0 saturated heterocycles. The van der Waals surface area contributed by atoms with E-state index in [0.29, 0.717) is 19.1 Å². The minimum absolute atomic E-state index is 0.190. The Hall–Kier alpha value is -1.13. The minimum Gasteiger partial charge on any atom is -0.395 e. The van der Waals surface area contributed by atoms with Gasteiger partial charge in [0.05, 0.1) is 24.2 Å². The molecule has 0 aromatic carbocycles. The van der Waals surface area contributed by atoms with Gasteiger partial charge < -0.3 is 15.7 Å². The van der Waals surface area contributed by atoms with Crippen molar-refractivity contribution in [2.45, 2.75) is 38.3 Å². The molecule has 0 bridgehead atoms. The van der Waals surface area contributed by atoms with Crippen LogP contribution in [0.4, 0.5) is 5.69 Å². The normalized spacial score (nSPS) is 16.4. The maximum atomic E-state index is 9.18. The molecule has 1 aliphatic rings. The summed E-state index contributed by atoms with van der Waals surface area (Å²) in [6.07, 6.45) is 6.90. The zero-order valence-corrected chi connectivity index (χ0v) is 10.2. The number of nitrogens with zero attached hydrogens (tertiary/aromatic N) is 2. The molecule has 0 amide bonds. The zero-order chi connectivity index (χ0) is 12.1. The lowest BCUT2D eigenvalue weighted by Crippen LogP contribution is -2.35. The number of hydrogen-bond donors (Lipinski definition) is 2. The molecule has 0 spiro atoms. The summed E-state index contributed by atoms with van der Waals surface area (Å²) >= 11 is 0. The molecule has 4 heteroatoms. The van der Waals surface area contributed by atoms with E-state index in [2.05, 4.69) is 16.0 Å². The summed E-state index contributed by atoms with van der Waals surface area (Å²) in [7, 11) is 0. The van der Waals surface area contributed by atoms with Crippen LogP contribution in [-0.2, 0) is 6.54 Å². The molecule has 2 rings (SSSR count). The van der Waals surface area contributed by atoms with Gasteiger partial charge in [0.1, 0.15) is 0 Å². The van der Waals surface area contributed by atoms with E-state index in [0.717, 1.165) is 11.4 Å². The van der Waals surface area contributed by atoms with Gasteiger partial charge in [-0.2, -0.15) is 0 Å². The van der Waals surface area contributed by atoms with Crippen LogP contribution >= 0.6 is 0 Å². The molecule has 0 atom stereocenters. The van der Waals surface area contributed by atoms with Crippen LogP contribution in [0, 0.1) is 0 Å². The number of rotatable bonds is 5. The second kappa shape index (κ2) is 5.98. The van der Waals surface area contributed by atoms with Gasteiger partial charge in [0.25, 0.3) is 0 Å². The minimum atomic E-state index is 0.190. The van der Waals surface area contributed by atoms with Gasteiger partial charge in [-0.3, -0.25) is 4.98 Å². The average molecular weight is 235 g/mol. The molecule has 17 heavy (non-hydrogen) atoms. The maximum Gasteiger partial charge on any atom is 0.0606 e. The fourth-order valence-corrected chi connectivity index (χ4v) is 2.55. The van der Waals surface area contributed by atoms with Gasteiger partial charge in [0.15, 0.2) is 0 Å². The first kappa shape index (κ1) is 12.3. The molecule has 0 radical (unpaired) electrons. The maximum absolute atomic E-state index is 9.18. The van der Waals surface area contributed by atoms with E-state index < -0.39 is 0 Å². The van der Waals surface area contributed by atoms with E-state index in [4.69, 9.17) is 5.73 Å². The monoisotopic (exact) mass is 235 g/mol. The second-order valence-electron chi connectivity index (χ2n) is 4.57.